The molecule has 28 heavy (non-hydrogen) atoms. The number of esters is 1. The summed E-state index contributed by atoms with van der Waals surface area (Å²) in [6, 6.07) is 3.56. The van der Waals surface area contributed by atoms with Gasteiger partial charge in [0.2, 0.25) is 5.88 Å². The molecule has 1 aliphatic carbocycles. The first-order valence-corrected chi connectivity index (χ1v) is 11.5. The summed E-state index contributed by atoms with van der Waals surface area (Å²) in [5, 5.41) is 0. The van der Waals surface area contributed by atoms with Crippen molar-refractivity contribution in [3.8, 4) is 11.6 Å². The van der Waals surface area contributed by atoms with Gasteiger partial charge in [-0.05, 0) is 44.1 Å². The van der Waals surface area contributed by atoms with Gasteiger partial charge in [-0.15, -0.1) is 0 Å². The second-order valence-electron chi connectivity index (χ2n) is 8.23. The number of rotatable bonds is 13. The van der Waals surface area contributed by atoms with Crippen molar-refractivity contribution in [2.75, 3.05) is 6.61 Å². The van der Waals surface area contributed by atoms with Crippen LogP contribution in [0.2, 0.25) is 0 Å². The smallest absolute Gasteiger partial charge is 0.314 e. The highest BCUT2D eigenvalue weighted by Gasteiger charge is 2.27. The normalized spacial score (nSPS) is 19.4. The summed E-state index contributed by atoms with van der Waals surface area (Å²) < 4.78 is 11.2. The molecule has 1 fully saturated rings. The minimum atomic E-state index is -0.0974. The molecule has 1 aromatic rings. The van der Waals surface area contributed by atoms with Crippen molar-refractivity contribution in [1.82, 2.24) is 4.98 Å². The number of ether oxygens (including phenoxy) is 2. The van der Waals surface area contributed by atoms with E-state index in [0.717, 1.165) is 44.4 Å². The van der Waals surface area contributed by atoms with Crippen molar-refractivity contribution in [2.45, 2.75) is 97.3 Å². The fourth-order valence-corrected chi connectivity index (χ4v) is 3.96. The lowest BCUT2D eigenvalue weighted by Crippen LogP contribution is -2.25. The summed E-state index contributed by atoms with van der Waals surface area (Å²) in [6.45, 7) is 5.11. The maximum atomic E-state index is 12.5. The highest BCUT2D eigenvalue weighted by Crippen LogP contribution is 2.33. The van der Waals surface area contributed by atoms with Gasteiger partial charge in [0.15, 0.2) is 0 Å². The van der Waals surface area contributed by atoms with Crippen LogP contribution in [-0.4, -0.2) is 17.6 Å². The lowest BCUT2D eigenvalue weighted by Gasteiger charge is -2.27. The van der Waals surface area contributed by atoms with Gasteiger partial charge in [-0.3, -0.25) is 4.79 Å². The van der Waals surface area contributed by atoms with Gasteiger partial charge in [0.05, 0.1) is 18.7 Å². The van der Waals surface area contributed by atoms with Gasteiger partial charge >= 0.3 is 5.97 Å². The number of pyridine rings is 1. The molecule has 0 bridgehead atoms. The predicted molar refractivity (Wildman–Crippen MR) is 114 cm³/mol. The molecular weight excluding hydrogens is 350 g/mol. The summed E-state index contributed by atoms with van der Waals surface area (Å²) in [4.78, 5) is 16.7. The molecule has 158 valence electrons. The van der Waals surface area contributed by atoms with Crippen molar-refractivity contribution in [3.05, 3.63) is 18.3 Å². The van der Waals surface area contributed by atoms with E-state index in [1.165, 1.54) is 44.9 Å². The molecule has 0 atom stereocenters. The average molecular weight is 390 g/mol. The van der Waals surface area contributed by atoms with E-state index in [1.807, 2.05) is 0 Å². The highest BCUT2D eigenvalue weighted by molar-refractivity contribution is 5.75. The topological polar surface area (TPSA) is 48.4 Å². The zero-order chi connectivity index (χ0) is 20.0. The highest BCUT2D eigenvalue weighted by atomic mass is 16.5. The first-order valence-electron chi connectivity index (χ1n) is 11.5. The Balaban J connectivity index is 1.64. The number of hydrogen-bond acceptors (Lipinski definition) is 4. The largest absolute Gasteiger partial charge is 0.478 e. The van der Waals surface area contributed by atoms with Gasteiger partial charge in [0.1, 0.15) is 5.75 Å². The van der Waals surface area contributed by atoms with Gasteiger partial charge in [0, 0.05) is 6.07 Å². The second-order valence-corrected chi connectivity index (χ2v) is 8.23. The summed E-state index contributed by atoms with van der Waals surface area (Å²) >= 11 is 0. The molecule has 1 heterocycles. The Bertz CT molecular complexity index is 535. The van der Waals surface area contributed by atoms with Gasteiger partial charge in [-0.25, -0.2) is 4.98 Å². The van der Waals surface area contributed by atoms with Crippen LogP contribution >= 0.6 is 0 Å². The molecule has 0 aromatic carbocycles. The van der Waals surface area contributed by atoms with Crippen LogP contribution in [0.25, 0.3) is 0 Å². The molecular formula is C24H39NO3. The number of carbonyl (C=O) groups is 1. The zero-order valence-corrected chi connectivity index (χ0v) is 18.0. The van der Waals surface area contributed by atoms with Crippen LogP contribution in [0.4, 0.5) is 0 Å². The fourth-order valence-electron chi connectivity index (χ4n) is 3.96. The second kappa shape index (κ2) is 13.6. The van der Waals surface area contributed by atoms with E-state index in [9.17, 15) is 4.79 Å². The number of hydrogen-bond donors (Lipinski definition) is 0. The number of carbonyl (C=O) groups excluding carboxylic acids is 1. The maximum absolute atomic E-state index is 12.5. The van der Waals surface area contributed by atoms with E-state index >= 15 is 0 Å². The number of unbranched alkanes of at least 4 members (excludes halogenated alkanes) is 6. The third-order valence-electron chi connectivity index (χ3n) is 5.82. The Morgan fingerprint density at radius 2 is 1.68 bits per heavy atom. The zero-order valence-electron chi connectivity index (χ0n) is 18.0. The van der Waals surface area contributed by atoms with Crippen LogP contribution in [0.15, 0.2) is 18.3 Å². The molecule has 0 radical (unpaired) electrons. The lowest BCUT2D eigenvalue weighted by molar-refractivity contribution is -0.140. The van der Waals surface area contributed by atoms with Crippen LogP contribution in [0.3, 0.4) is 0 Å². The van der Waals surface area contributed by atoms with Crippen LogP contribution in [0, 0.1) is 11.8 Å². The molecule has 0 amide bonds. The van der Waals surface area contributed by atoms with E-state index in [4.69, 9.17) is 9.47 Å². The average Bonchev–Trinajstić information content (AvgIpc) is 2.72. The summed E-state index contributed by atoms with van der Waals surface area (Å²) in [6.07, 6.45) is 17.3. The molecule has 1 aromatic heterocycles. The van der Waals surface area contributed by atoms with Crippen LogP contribution < -0.4 is 9.47 Å². The summed E-state index contributed by atoms with van der Waals surface area (Å²) in [5.74, 6) is 1.86. The molecule has 4 heteroatoms. The summed E-state index contributed by atoms with van der Waals surface area (Å²) in [7, 11) is 0. The first-order chi connectivity index (χ1) is 13.7. The van der Waals surface area contributed by atoms with E-state index in [1.54, 1.807) is 18.3 Å². The van der Waals surface area contributed by atoms with E-state index in [2.05, 4.69) is 18.8 Å². The van der Waals surface area contributed by atoms with E-state index in [0.29, 0.717) is 18.2 Å². The Morgan fingerprint density at radius 3 is 2.36 bits per heavy atom. The minimum absolute atomic E-state index is 0.0429. The summed E-state index contributed by atoms with van der Waals surface area (Å²) in [5.41, 5.74) is 0. The first kappa shape index (κ1) is 22.7. The molecule has 0 spiro atoms. The standard InChI is InChI=1S/C24H39NO3/c1-3-5-7-8-9-11-20-12-14-21(15-13-20)24(26)28-22-16-17-23(25-19-22)27-18-10-6-4-2/h16-17,19-21H,3-15,18H2,1-2H3. The third-order valence-corrected chi connectivity index (χ3v) is 5.82. The van der Waals surface area contributed by atoms with E-state index < -0.39 is 0 Å². The lowest BCUT2D eigenvalue weighted by atomic mass is 9.80. The van der Waals surface area contributed by atoms with Gasteiger partial charge < -0.3 is 9.47 Å². The maximum Gasteiger partial charge on any atom is 0.314 e. The van der Waals surface area contributed by atoms with Crippen LogP contribution in [0.1, 0.15) is 97.3 Å². The van der Waals surface area contributed by atoms with Crippen LogP contribution in [0.5, 0.6) is 11.6 Å². The molecule has 0 unspecified atom stereocenters. The van der Waals surface area contributed by atoms with Gasteiger partial charge in [-0.1, -0.05) is 65.2 Å². The van der Waals surface area contributed by atoms with E-state index in [-0.39, 0.29) is 11.9 Å². The van der Waals surface area contributed by atoms with Crippen molar-refractivity contribution < 1.29 is 14.3 Å². The fraction of sp³-hybridized carbons (Fsp3) is 0.750. The van der Waals surface area contributed by atoms with Gasteiger partial charge in [0.25, 0.3) is 0 Å². The quantitative estimate of drug-likeness (QED) is 0.277. The van der Waals surface area contributed by atoms with Crippen LogP contribution in [-0.2, 0) is 4.79 Å². The van der Waals surface area contributed by atoms with Crippen molar-refractivity contribution in [3.63, 3.8) is 0 Å². The monoisotopic (exact) mass is 389 g/mol. The van der Waals surface area contributed by atoms with Crippen molar-refractivity contribution in [2.24, 2.45) is 11.8 Å². The molecule has 1 aliphatic rings. The SMILES string of the molecule is CCCCCCCC1CCC(C(=O)Oc2ccc(OCCCCC)nc2)CC1. The number of nitrogens with zero attached hydrogens (tertiary/aromatic N) is 1. The Hall–Kier alpha value is -1.58. The van der Waals surface area contributed by atoms with Crippen molar-refractivity contribution >= 4 is 5.97 Å². The number of aromatic nitrogens is 1. The predicted octanol–water partition coefficient (Wildman–Crippen LogP) is 6.72. The minimum Gasteiger partial charge on any atom is -0.478 e. The molecule has 1 saturated carbocycles. The van der Waals surface area contributed by atoms with Gasteiger partial charge in [-0.2, -0.15) is 0 Å². The molecule has 0 saturated heterocycles. The molecule has 2 rings (SSSR count). The van der Waals surface area contributed by atoms with Crippen molar-refractivity contribution in [1.29, 1.82) is 0 Å². The molecule has 0 aliphatic heterocycles. The molecule has 0 N–H and O–H groups in total. The molecule has 4 nitrogen and oxygen atoms in total. The Morgan fingerprint density at radius 1 is 0.964 bits per heavy atom. The Kier molecular flexibility index (Phi) is 11.0. The third kappa shape index (κ3) is 8.62. The Labute approximate surface area is 171 Å².